The standard InChI is InChI=1S/C19H15FN2O3/c20-18-8-15(22-10-16(11-23)25-19(22)24)3-4-17(18)13-2-1-12-5-6-21-9-14(12)7-13/h1-9,16,23H,10-11H2/t16-/m1/s1. The van der Waals surface area contributed by atoms with Crippen LogP contribution in [-0.4, -0.2) is 35.4 Å². The number of aliphatic hydroxyl groups excluding tert-OH is 1. The van der Waals surface area contributed by atoms with E-state index in [1.807, 2.05) is 24.3 Å². The maximum Gasteiger partial charge on any atom is 0.414 e. The summed E-state index contributed by atoms with van der Waals surface area (Å²) in [5, 5.41) is 11.1. The molecule has 1 aliphatic rings. The number of aromatic nitrogens is 1. The summed E-state index contributed by atoms with van der Waals surface area (Å²) >= 11 is 0. The average Bonchev–Trinajstić information content (AvgIpc) is 3.02. The van der Waals surface area contributed by atoms with Crippen LogP contribution in [0.25, 0.3) is 21.9 Å². The molecule has 2 heterocycles. The minimum atomic E-state index is -0.581. The van der Waals surface area contributed by atoms with E-state index in [0.29, 0.717) is 11.3 Å². The molecular formula is C19H15FN2O3. The van der Waals surface area contributed by atoms with Gasteiger partial charge in [-0.05, 0) is 41.3 Å². The molecule has 3 aromatic rings. The number of pyridine rings is 1. The lowest BCUT2D eigenvalue weighted by molar-refractivity contribution is 0.0963. The van der Waals surface area contributed by atoms with Crippen molar-refractivity contribution in [2.24, 2.45) is 0 Å². The molecule has 1 aliphatic heterocycles. The van der Waals surface area contributed by atoms with Gasteiger partial charge >= 0.3 is 6.09 Å². The highest BCUT2D eigenvalue weighted by Gasteiger charge is 2.32. The fourth-order valence-electron chi connectivity index (χ4n) is 2.99. The molecule has 0 spiro atoms. The van der Waals surface area contributed by atoms with Crippen molar-refractivity contribution in [1.29, 1.82) is 0 Å². The number of hydrogen-bond donors (Lipinski definition) is 1. The van der Waals surface area contributed by atoms with E-state index in [0.717, 1.165) is 16.3 Å². The SMILES string of the molecule is O=C1O[C@@H](CO)CN1c1ccc(-c2ccc3ccncc3c2)c(F)c1. The van der Waals surface area contributed by atoms with Crippen molar-refractivity contribution >= 4 is 22.6 Å². The van der Waals surface area contributed by atoms with Crippen LogP contribution in [0.4, 0.5) is 14.9 Å². The second-order valence-electron chi connectivity index (χ2n) is 5.90. The first kappa shape index (κ1) is 15.5. The van der Waals surface area contributed by atoms with Crippen molar-refractivity contribution in [3.8, 4) is 11.1 Å². The highest BCUT2D eigenvalue weighted by molar-refractivity contribution is 5.91. The number of hydrogen-bond acceptors (Lipinski definition) is 4. The summed E-state index contributed by atoms with van der Waals surface area (Å²) in [4.78, 5) is 17.2. The predicted molar refractivity (Wildman–Crippen MR) is 91.8 cm³/mol. The molecule has 1 aromatic heterocycles. The van der Waals surface area contributed by atoms with Crippen LogP contribution in [0.3, 0.4) is 0 Å². The summed E-state index contributed by atoms with van der Waals surface area (Å²) in [7, 11) is 0. The highest BCUT2D eigenvalue weighted by Crippen LogP contribution is 2.30. The van der Waals surface area contributed by atoms with E-state index < -0.39 is 18.0 Å². The van der Waals surface area contributed by atoms with Crippen LogP contribution in [-0.2, 0) is 4.74 Å². The monoisotopic (exact) mass is 338 g/mol. The zero-order valence-corrected chi connectivity index (χ0v) is 13.2. The van der Waals surface area contributed by atoms with E-state index in [1.54, 1.807) is 24.5 Å². The van der Waals surface area contributed by atoms with Gasteiger partial charge in [0.2, 0.25) is 0 Å². The molecule has 126 valence electrons. The van der Waals surface area contributed by atoms with Crippen LogP contribution in [0.2, 0.25) is 0 Å². The Balaban J connectivity index is 1.68. The molecule has 5 nitrogen and oxygen atoms in total. The number of amides is 1. The molecule has 1 fully saturated rings. The molecular weight excluding hydrogens is 323 g/mol. The Labute approximate surface area is 143 Å². The first-order chi connectivity index (χ1) is 12.2. The Morgan fingerprint density at radius 1 is 1.20 bits per heavy atom. The number of carbonyl (C=O) groups is 1. The maximum atomic E-state index is 14.7. The van der Waals surface area contributed by atoms with Gasteiger partial charge in [0.05, 0.1) is 18.8 Å². The largest absolute Gasteiger partial charge is 0.441 e. The van der Waals surface area contributed by atoms with Crippen molar-refractivity contribution in [3.05, 3.63) is 60.7 Å². The summed E-state index contributed by atoms with van der Waals surface area (Å²) in [6.45, 7) is -0.0519. The molecule has 1 N–H and O–H groups in total. The Bertz CT molecular complexity index is 960. The van der Waals surface area contributed by atoms with Crippen LogP contribution in [0.15, 0.2) is 54.9 Å². The zero-order chi connectivity index (χ0) is 17.4. The summed E-state index contributed by atoms with van der Waals surface area (Å²) in [6.07, 6.45) is 2.29. The van der Waals surface area contributed by atoms with E-state index in [2.05, 4.69) is 4.98 Å². The summed E-state index contributed by atoms with van der Waals surface area (Å²) in [6, 6.07) is 12.2. The fourth-order valence-corrected chi connectivity index (χ4v) is 2.99. The molecule has 0 saturated carbocycles. The van der Waals surface area contributed by atoms with Gasteiger partial charge < -0.3 is 9.84 Å². The van der Waals surface area contributed by atoms with Gasteiger partial charge in [-0.1, -0.05) is 12.1 Å². The first-order valence-corrected chi connectivity index (χ1v) is 7.88. The van der Waals surface area contributed by atoms with Gasteiger partial charge in [0, 0.05) is 23.3 Å². The number of nitrogens with zero attached hydrogens (tertiary/aromatic N) is 2. The minimum Gasteiger partial charge on any atom is -0.441 e. The van der Waals surface area contributed by atoms with Crippen molar-refractivity contribution in [2.45, 2.75) is 6.10 Å². The van der Waals surface area contributed by atoms with Gasteiger partial charge in [0.1, 0.15) is 11.9 Å². The van der Waals surface area contributed by atoms with Crippen molar-refractivity contribution < 1.29 is 19.0 Å². The minimum absolute atomic E-state index is 0.204. The third-order valence-electron chi connectivity index (χ3n) is 4.29. The summed E-state index contributed by atoms with van der Waals surface area (Å²) < 4.78 is 19.6. The highest BCUT2D eigenvalue weighted by atomic mass is 19.1. The van der Waals surface area contributed by atoms with E-state index in [-0.39, 0.29) is 13.2 Å². The lowest BCUT2D eigenvalue weighted by Gasteiger charge is -2.14. The van der Waals surface area contributed by atoms with E-state index >= 15 is 0 Å². The molecule has 4 rings (SSSR count). The van der Waals surface area contributed by atoms with Crippen LogP contribution >= 0.6 is 0 Å². The molecule has 0 radical (unpaired) electrons. The van der Waals surface area contributed by atoms with Crippen LogP contribution in [0, 0.1) is 5.82 Å². The average molecular weight is 338 g/mol. The topological polar surface area (TPSA) is 62.7 Å². The second-order valence-corrected chi connectivity index (χ2v) is 5.90. The van der Waals surface area contributed by atoms with Gasteiger partial charge in [-0.25, -0.2) is 9.18 Å². The number of fused-ring (bicyclic) bond motifs is 1. The smallest absolute Gasteiger partial charge is 0.414 e. The lowest BCUT2D eigenvalue weighted by Crippen LogP contribution is -2.25. The molecule has 0 unspecified atom stereocenters. The molecule has 1 atom stereocenters. The number of halogens is 1. The quantitative estimate of drug-likeness (QED) is 0.795. The van der Waals surface area contributed by atoms with Crippen molar-refractivity contribution in [3.63, 3.8) is 0 Å². The molecule has 0 aliphatic carbocycles. The van der Waals surface area contributed by atoms with Crippen LogP contribution < -0.4 is 4.90 Å². The van der Waals surface area contributed by atoms with Gasteiger partial charge in [0.15, 0.2) is 0 Å². The fraction of sp³-hybridized carbons (Fsp3) is 0.158. The predicted octanol–water partition coefficient (Wildman–Crippen LogP) is 3.36. The lowest BCUT2D eigenvalue weighted by atomic mass is 10.0. The van der Waals surface area contributed by atoms with Crippen molar-refractivity contribution in [1.82, 2.24) is 4.98 Å². The number of rotatable bonds is 3. The Hall–Kier alpha value is -2.99. The first-order valence-electron chi connectivity index (χ1n) is 7.88. The van der Waals surface area contributed by atoms with Gasteiger partial charge in [-0.15, -0.1) is 0 Å². The molecule has 1 saturated heterocycles. The second kappa shape index (κ2) is 6.14. The molecule has 25 heavy (non-hydrogen) atoms. The third kappa shape index (κ3) is 2.81. The van der Waals surface area contributed by atoms with Gasteiger partial charge in [-0.2, -0.15) is 0 Å². The number of cyclic esters (lactones) is 1. The summed E-state index contributed by atoms with van der Waals surface area (Å²) in [5.74, 6) is -0.430. The summed E-state index contributed by atoms with van der Waals surface area (Å²) in [5.41, 5.74) is 1.59. The Kier molecular flexibility index (Phi) is 3.82. The zero-order valence-electron chi connectivity index (χ0n) is 13.2. The number of anilines is 1. The van der Waals surface area contributed by atoms with E-state index in [4.69, 9.17) is 9.84 Å². The van der Waals surface area contributed by atoms with E-state index in [1.165, 1.54) is 11.0 Å². The Morgan fingerprint density at radius 3 is 2.84 bits per heavy atom. The van der Waals surface area contributed by atoms with Crippen LogP contribution in [0.1, 0.15) is 0 Å². The number of carbonyl (C=O) groups excluding carboxylic acids is 1. The van der Waals surface area contributed by atoms with Gasteiger partial charge in [0.25, 0.3) is 0 Å². The van der Waals surface area contributed by atoms with Gasteiger partial charge in [-0.3, -0.25) is 9.88 Å². The normalized spacial score (nSPS) is 17.1. The number of aliphatic hydroxyl groups is 1. The van der Waals surface area contributed by atoms with E-state index in [9.17, 15) is 9.18 Å². The molecule has 0 bridgehead atoms. The molecule has 6 heteroatoms. The number of benzene rings is 2. The van der Waals surface area contributed by atoms with Crippen molar-refractivity contribution in [2.75, 3.05) is 18.1 Å². The third-order valence-corrected chi connectivity index (χ3v) is 4.29. The maximum absolute atomic E-state index is 14.7. The molecule has 1 amide bonds. The number of ether oxygens (including phenoxy) is 1. The van der Waals surface area contributed by atoms with Crippen LogP contribution in [0.5, 0.6) is 0 Å². The Morgan fingerprint density at radius 2 is 2.08 bits per heavy atom. The molecule has 2 aromatic carbocycles.